The van der Waals surface area contributed by atoms with Crippen LogP contribution >= 0.6 is 23.4 Å². The maximum atomic E-state index is 6.40. The predicted molar refractivity (Wildman–Crippen MR) is 242 cm³/mol. The topological polar surface area (TPSA) is 56.5 Å². The van der Waals surface area contributed by atoms with E-state index in [0.717, 1.165) is 56.1 Å². The summed E-state index contributed by atoms with van der Waals surface area (Å²) in [6, 6.07) is 52.7. The summed E-state index contributed by atoms with van der Waals surface area (Å²) >= 11 is 8.21. The Morgan fingerprint density at radius 3 is 2.07 bits per heavy atom. The minimum atomic E-state index is 0.385. The van der Waals surface area contributed by atoms with E-state index in [1.807, 2.05) is 67.2 Å². The van der Waals surface area contributed by atoms with Crippen molar-refractivity contribution in [3.63, 3.8) is 0 Å². The number of rotatable bonds is 7. The zero-order chi connectivity index (χ0) is 39.2. The molecule has 4 heterocycles. The van der Waals surface area contributed by atoms with Gasteiger partial charge >= 0.3 is 0 Å². The van der Waals surface area contributed by atoms with Crippen molar-refractivity contribution in [1.82, 2.24) is 24.5 Å². The van der Waals surface area contributed by atoms with Gasteiger partial charge in [-0.3, -0.25) is 4.57 Å². The smallest absolute Gasteiger partial charge is 0.162 e. The van der Waals surface area contributed by atoms with Crippen LogP contribution in [0.5, 0.6) is 0 Å². The van der Waals surface area contributed by atoms with Crippen molar-refractivity contribution in [2.75, 3.05) is 0 Å². The number of hydrogen-bond acceptors (Lipinski definition) is 5. The molecule has 6 aromatic carbocycles. The van der Waals surface area contributed by atoms with Crippen LogP contribution in [0.2, 0.25) is 5.15 Å². The molecular formula is C51H34ClN5S. The zero-order valence-corrected chi connectivity index (χ0v) is 33.0. The summed E-state index contributed by atoms with van der Waals surface area (Å²) in [5, 5.41) is 2.76. The van der Waals surface area contributed by atoms with Gasteiger partial charge in [0.05, 0.1) is 22.4 Å². The first-order valence-corrected chi connectivity index (χ1v) is 20.2. The van der Waals surface area contributed by atoms with Crippen molar-refractivity contribution in [2.45, 2.75) is 16.7 Å². The lowest BCUT2D eigenvalue weighted by Crippen LogP contribution is -2.02. The molecule has 0 radical (unpaired) electrons. The molecule has 276 valence electrons. The van der Waals surface area contributed by atoms with E-state index < -0.39 is 0 Å². The normalized spacial score (nSPS) is 12.2. The van der Waals surface area contributed by atoms with Crippen LogP contribution in [0.15, 0.2) is 180 Å². The van der Waals surface area contributed by atoms with Gasteiger partial charge in [-0.05, 0) is 59.5 Å². The fourth-order valence-corrected chi connectivity index (χ4v) is 8.87. The van der Waals surface area contributed by atoms with Gasteiger partial charge in [-0.15, -0.1) is 0 Å². The minimum absolute atomic E-state index is 0.385. The van der Waals surface area contributed by atoms with Gasteiger partial charge in [0.25, 0.3) is 0 Å². The van der Waals surface area contributed by atoms with Crippen molar-refractivity contribution in [3.05, 3.63) is 192 Å². The van der Waals surface area contributed by atoms with Gasteiger partial charge in [0, 0.05) is 55.0 Å². The molecule has 0 saturated heterocycles. The van der Waals surface area contributed by atoms with Crippen LogP contribution in [-0.4, -0.2) is 24.5 Å². The molecule has 58 heavy (non-hydrogen) atoms. The van der Waals surface area contributed by atoms with Crippen molar-refractivity contribution >= 4 is 62.9 Å². The molecule has 0 amide bonds. The lowest BCUT2D eigenvalue weighted by atomic mass is 10.00. The summed E-state index contributed by atoms with van der Waals surface area (Å²) in [6.07, 6.45) is 8.33. The van der Waals surface area contributed by atoms with Crippen LogP contribution in [0, 0.1) is 0 Å². The molecule has 7 heteroatoms. The first-order chi connectivity index (χ1) is 28.5. The first-order valence-electron chi connectivity index (χ1n) is 19.0. The summed E-state index contributed by atoms with van der Waals surface area (Å²) in [6.45, 7) is 6.02. The lowest BCUT2D eigenvalue weighted by Gasteiger charge is -2.13. The maximum absolute atomic E-state index is 6.40. The molecule has 0 atom stereocenters. The molecule has 1 aliphatic rings. The van der Waals surface area contributed by atoms with Crippen LogP contribution < -0.4 is 0 Å². The largest absolute Gasteiger partial charge is 0.294 e. The van der Waals surface area contributed by atoms with E-state index in [-0.39, 0.29) is 0 Å². The van der Waals surface area contributed by atoms with E-state index in [1.54, 1.807) is 6.07 Å². The SMILES string of the molecule is C=C(/C=C\C)c1nc(Cl)cc(-c2ccc(-c3ccc4c(c3)C=Cc3c(ccc5c3c3ccccc3n5-c3cc(-c5ccccc5)nc(-c5ccccc5)n3)S4)cc2)n1. The van der Waals surface area contributed by atoms with Gasteiger partial charge in [-0.1, -0.05) is 163 Å². The number of fused-ring (bicyclic) bond motifs is 6. The summed E-state index contributed by atoms with van der Waals surface area (Å²) in [4.78, 5) is 21.8. The predicted octanol–water partition coefficient (Wildman–Crippen LogP) is 13.9. The molecule has 0 N–H and O–H groups in total. The Morgan fingerprint density at radius 1 is 0.603 bits per heavy atom. The third-order valence-electron chi connectivity index (χ3n) is 10.4. The van der Waals surface area contributed by atoms with Crippen LogP contribution in [0.3, 0.4) is 0 Å². The van der Waals surface area contributed by atoms with Gasteiger partial charge in [-0.2, -0.15) is 0 Å². The first kappa shape index (κ1) is 35.5. The van der Waals surface area contributed by atoms with Crippen molar-refractivity contribution in [2.24, 2.45) is 0 Å². The van der Waals surface area contributed by atoms with Crippen LogP contribution in [0.1, 0.15) is 23.9 Å². The average molecular weight is 784 g/mol. The van der Waals surface area contributed by atoms with Gasteiger partial charge in [0.2, 0.25) is 0 Å². The van der Waals surface area contributed by atoms with E-state index in [0.29, 0.717) is 22.4 Å². The molecule has 10 rings (SSSR count). The second-order valence-electron chi connectivity index (χ2n) is 14.1. The number of halogens is 1. The maximum Gasteiger partial charge on any atom is 0.162 e. The van der Waals surface area contributed by atoms with Crippen molar-refractivity contribution < 1.29 is 0 Å². The van der Waals surface area contributed by atoms with Gasteiger partial charge < -0.3 is 0 Å². The minimum Gasteiger partial charge on any atom is -0.294 e. The Bertz CT molecular complexity index is 3060. The zero-order valence-electron chi connectivity index (χ0n) is 31.5. The number of benzene rings is 6. The highest BCUT2D eigenvalue weighted by Crippen LogP contribution is 2.45. The van der Waals surface area contributed by atoms with Crippen LogP contribution in [0.4, 0.5) is 0 Å². The number of para-hydroxylation sites is 1. The molecule has 0 bridgehead atoms. The van der Waals surface area contributed by atoms with E-state index in [2.05, 4.69) is 137 Å². The van der Waals surface area contributed by atoms with Gasteiger partial charge in [-0.25, -0.2) is 19.9 Å². The standard InChI is InChI=1S/C51H34ClN5S/c1-3-12-32(2)50-53-41(30-47(52)55-50)35-21-19-33(20-22-35)37-24-27-45-38(29-37)23-25-40-46(58-45)28-26-44-49(40)39-17-10-11-18-43(39)57(44)48-31-42(34-13-6-4-7-14-34)54-51(56-48)36-15-8-5-9-16-36/h3-31H,2H2,1H3/b12-3-. The fraction of sp³-hybridized carbons (Fsp3) is 0.0196. The summed E-state index contributed by atoms with van der Waals surface area (Å²) in [5.74, 6) is 2.03. The van der Waals surface area contributed by atoms with Crippen LogP contribution in [-0.2, 0) is 0 Å². The quantitative estimate of drug-likeness (QED) is 0.119. The number of hydrogen-bond donors (Lipinski definition) is 0. The molecule has 9 aromatic rings. The number of nitrogens with zero attached hydrogens (tertiary/aromatic N) is 5. The third kappa shape index (κ3) is 6.52. The fourth-order valence-electron chi connectivity index (χ4n) is 7.65. The van der Waals surface area contributed by atoms with Crippen molar-refractivity contribution in [1.29, 1.82) is 0 Å². The second-order valence-corrected chi connectivity index (χ2v) is 15.6. The van der Waals surface area contributed by atoms with Gasteiger partial charge in [0.1, 0.15) is 11.0 Å². The highest BCUT2D eigenvalue weighted by atomic mass is 35.5. The van der Waals surface area contributed by atoms with E-state index in [1.165, 1.54) is 31.7 Å². The molecule has 0 saturated carbocycles. The molecule has 5 nitrogen and oxygen atoms in total. The molecule has 0 aliphatic carbocycles. The number of aromatic nitrogens is 5. The third-order valence-corrected chi connectivity index (χ3v) is 11.8. The Morgan fingerprint density at radius 2 is 1.28 bits per heavy atom. The van der Waals surface area contributed by atoms with E-state index >= 15 is 0 Å². The Labute approximate surface area is 345 Å². The van der Waals surface area contributed by atoms with Crippen LogP contribution in [0.25, 0.3) is 90.4 Å². The highest BCUT2D eigenvalue weighted by molar-refractivity contribution is 7.99. The van der Waals surface area contributed by atoms with Gasteiger partial charge in [0.15, 0.2) is 11.6 Å². The Kier molecular flexibility index (Phi) is 9.13. The molecule has 0 fully saturated rings. The van der Waals surface area contributed by atoms with Crippen molar-refractivity contribution in [3.8, 4) is 50.8 Å². The summed E-state index contributed by atoms with van der Waals surface area (Å²) < 4.78 is 2.29. The molecule has 3 aromatic heterocycles. The molecule has 1 aliphatic heterocycles. The second kappa shape index (κ2) is 14.9. The molecule has 0 spiro atoms. The highest BCUT2D eigenvalue weighted by Gasteiger charge is 2.21. The van der Waals surface area contributed by atoms with E-state index in [4.69, 9.17) is 26.6 Å². The molecule has 0 unspecified atom stereocenters. The Balaban J connectivity index is 1.04. The Hall–Kier alpha value is -6.86. The summed E-state index contributed by atoms with van der Waals surface area (Å²) in [5.41, 5.74) is 12.1. The monoisotopic (exact) mass is 783 g/mol. The van der Waals surface area contributed by atoms with E-state index in [9.17, 15) is 0 Å². The summed E-state index contributed by atoms with van der Waals surface area (Å²) in [7, 11) is 0. The number of allylic oxidation sites excluding steroid dienone is 3. The lowest BCUT2D eigenvalue weighted by molar-refractivity contribution is 1.05. The molecular weight excluding hydrogens is 750 g/mol. The average Bonchev–Trinajstić information content (AvgIpc) is 3.49.